The Morgan fingerprint density at radius 3 is 2.47 bits per heavy atom. The third kappa shape index (κ3) is 6.97. The van der Waals surface area contributed by atoms with Gasteiger partial charge in [0.05, 0.1) is 0 Å². The first-order valence-corrected chi connectivity index (χ1v) is 7.24. The lowest BCUT2D eigenvalue weighted by molar-refractivity contribution is -0.139. The molecular formula is C16H25NO2. The highest BCUT2D eigenvalue weighted by molar-refractivity contribution is 5.73. The zero-order valence-corrected chi connectivity index (χ0v) is 11.8. The monoisotopic (exact) mass is 263 g/mol. The minimum absolute atomic E-state index is 0.478. The Balaban J connectivity index is 2.27. The number of aliphatic carboxylic acids is 1. The summed E-state index contributed by atoms with van der Waals surface area (Å²) >= 11 is 0. The second kappa shape index (κ2) is 9.56. The van der Waals surface area contributed by atoms with E-state index in [9.17, 15) is 9.90 Å². The van der Waals surface area contributed by atoms with Crippen molar-refractivity contribution in [3.63, 3.8) is 0 Å². The summed E-state index contributed by atoms with van der Waals surface area (Å²) in [6, 6.07) is 9.30. The molecule has 0 heterocycles. The molecule has 1 aromatic rings. The van der Waals surface area contributed by atoms with Gasteiger partial charge in [-0.1, -0.05) is 62.9 Å². The maximum Gasteiger partial charge on any atom is 0.321 e. The summed E-state index contributed by atoms with van der Waals surface area (Å²) in [5.41, 5.74) is 1.06. The second-order valence-electron chi connectivity index (χ2n) is 4.95. The molecule has 1 atom stereocenters. The Bertz CT molecular complexity index is 351. The zero-order chi connectivity index (χ0) is 13.9. The van der Waals surface area contributed by atoms with Crippen molar-refractivity contribution < 1.29 is 9.90 Å². The van der Waals surface area contributed by atoms with E-state index in [1.54, 1.807) is 0 Å². The minimum Gasteiger partial charge on any atom is -0.480 e. The molecule has 0 saturated carbocycles. The van der Waals surface area contributed by atoms with Crippen LogP contribution < -0.4 is 5.32 Å². The molecule has 3 heteroatoms. The largest absolute Gasteiger partial charge is 0.480 e. The van der Waals surface area contributed by atoms with E-state index in [0.717, 1.165) is 18.5 Å². The summed E-state index contributed by atoms with van der Waals surface area (Å²) in [4.78, 5) is 11.2. The van der Waals surface area contributed by atoms with Gasteiger partial charge in [0, 0.05) is 0 Å². The Hall–Kier alpha value is -1.35. The fourth-order valence-electron chi connectivity index (χ4n) is 2.10. The van der Waals surface area contributed by atoms with Gasteiger partial charge in [0.2, 0.25) is 0 Å². The molecule has 0 bridgehead atoms. The van der Waals surface area contributed by atoms with Crippen molar-refractivity contribution in [2.45, 2.75) is 51.5 Å². The Kier molecular flexibility index (Phi) is 7.91. The van der Waals surface area contributed by atoms with Crippen LogP contribution in [0.2, 0.25) is 0 Å². The van der Waals surface area contributed by atoms with Gasteiger partial charge in [0.1, 0.15) is 6.04 Å². The van der Waals surface area contributed by atoms with E-state index in [-0.39, 0.29) is 0 Å². The van der Waals surface area contributed by atoms with Crippen LogP contribution in [0.1, 0.15) is 44.6 Å². The summed E-state index contributed by atoms with van der Waals surface area (Å²) < 4.78 is 0. The molecule has 106 valence electrons. The van der Waals surface area contributed by atoms with Gasteiger partial charge in [-0.2, -0.15) is 0 Å². The normalized spacial score (nSPS) is 12.3. The van der Waals surface area contributed by atoms with E-state index in [4.69, 9.17) is 0 Å². The quantitative estimate of drug-likeness (QED) is 0.637. The highest BCUT2D eigenvalue weighted by Gasteiger charge is 2.16. The van der Waals surface area contributed by atoms with E-state index in [2.05, 4.69) is 12.2 Å². The number of rotatable bonds is 10. The van der Waals surface area contributed by atoms with Gasteiger partial charge in [0.15, 0.2) is 0 Å². The molecule has 1 aromatic carbocycles. The number of hydrogen-bond acceptors (Lipinski definition) is 2. The smallest absolute Gasteiger partial charge is 0.321 e. The maximum absolute atomic E-state index is 11.2. The van der Waals surface area contributed by atoms with E-state index < -0.39 is 12.0 Å². The van der Waals surface area contributed by atoms with Gasteiger partial charge in [-0.25, -0.2) is 0 Å². The first kappa shape index (κ1) is 15.7. The lowest BCUT2D eigenvalue weighted by Crippen LogP contribution is -2.39. The minimum atomic E-state index is -0.766. The Morgan fingerprint density at radius 1 is 1.16 bits per heavy atom. The van der Waals surface area contributed by atoms with Gasteiger partial charge in [-0.3, -0.25) is 4.79 Å². The van der Waals surface area contributed by atoms with Crippen molar-refractivity contribution in [2.75, 3.05) is 6.54 Å². The Morgan fingerprint density at radius 2 is 1.84 bits per heavy atom. The second-order valence-corrected chi connectivity index (χ2v) is 4.95. The van der Waals surface area contributed by atoms with Crippen LogP contribution in [-0.4, -0.2) is 23.7 Å². The SMILES string of the molecule is CCCCCCCN[C@@H](Cc1ccccc1)C(=O)O. The Labute approximate surface area is 116 Å². The van der Waals surface area contributed by atoms with Gasteiger partial charge in [-0.15, -0.1) is 0 Å². The average molecular weight is 263 g/mol. The van der Waals surface area contributed by atoms with Crippen LogP contribution in [0, 0.1) is 0 Å². The van der Waals surface area contributed by atoms with Gasteiger partial charge >= 0.3 is 5.97 Å². The molecule has 0 aliphatic carbocycles. The topological polar surface area (TPSA) is 49.3 Å². The number of hydrogen-bond donors (Lipinski definition) is 2. The van der Waals surface area contributed by atoms with Crippen LogP contribution in [0.15, 0.2) is 30.3 Å². The fourth-order valence-corrected chi connectivity index (χ4v) is 2.10. The van der Waals surface area contributed by atoms with Crippen LogP contribution in [-0.2, 0) is 11.2 Å². The molecular weight excluding hydrogens is 238 g/mol. The summed E-state index contributed by atoms with van der Waals surface area (Å²) in [5, 5.41) is 12.4. The van der Waals surface area contributed by atoms with Crippen LogP contribution >= 0.6 is 0 Å². The van der Waals surface area contributed by atoms with Crippen molar-refractivity contribution in [3.8, 4) is 0 Å². The molecule has 0 amide bonds. The number of nitrogens with one attached hydrogen (secondary N) is 1. The summed E-state index contributed by atoms with van der Waals surface area (Å²) in [5.74, 6) is -0.766. The van der Waals surface area contributed by atoms with E-state index in [0.29, 0.717) is 6.42 Å². The van der Waals surface area contributed by atoms with Crippen molar-refractivity contribution >= 4 is 5.97 Å². The van der Waals surface area contributed by atoms with Crippen molar-refractivity contribution in [1.82, 2.24) is 5.32 Å². The van der Waals surface area contributed by atoms with Crippen LogP contribution in [0.25, 0.3) is 0 Å². The lowest BCUT2D eigenvalue weighted by atomic mass is 10.1. The third-order valence-corrected chi connectivity index (χ3v) is 3.25. The molecule has 1 rings (SSSR count). The van der Waals surface area contributed by atoms with Gasteiger partial charge < -0.3 is 10.4 Å². The molecule has 2 N–H and O–H groups in total. The zero-order valence-electron chi connectivity index (χ0n) is 11.8. The van der Waals surface area contributed by atoms with Crippen LogP contribution in [0.5, 0.6) is 0 Å². The molecule has 0 aromatic heterocycles. The molecule has 0 spiro atoms. The predicted molar refractivity (Wildman–Crippen MR) is 78.3 cm³/mol. The first-order chi connectivity index (χ1) is 9.24. The van der Waals surface area contributed by atoms with Gasteiger partial charge in [0.25, 0.3) is 0 Å². The lowest BCUT2D eigenvalue weighted by Gasteiger charge is -2.14. The molecule has 0 saturated heterocycles. The highest BCUT2D eigenvalue weighted by Crippen LogP contribution is 2.05. The van der Waals surface area contributed by atoms with Crippen LogP contribution in [0.4, 0.5) is 0 Å². The van der Waals surface area contributed by atoms with E-state index in [1.807, 2.05) is 30.3 Å². The fraction of sp³-hybridized carbons (Fsp3) is 0.562. The van der Waals surface area contributed by atoms with Crippen molar-refractivity contribution in [1.29, 1.82) is 0 Å². The molecule has 0 unspecified atom stereocenters. The van der Waals surface area contributed by atoms with Gasteiger partial charge in [-0.05, 0) is 24.9 Å². The molecule has 0 radical (unpaired) electrons. The molecule has 3 nitrogen and oxygen atoms in total. The summed E-state index contributed by atoms with van der Waals surface area (Å²) in [7, 11) is 0. The van der Waals surface area contributed by atoms with Crippen molar-refractivity contribution in [3.05, 3.63) is 35.9 Å². The van der Waals surface area contributed by atoms with E-state index in [1.165, 1.54) is 25.7 Å². The first-order valence-electron chi connectivity index (χ1n) is 7.24. The number of carboxylic acids is 1. The molecule has 0 aliphatic rings. The van der Waals surface area contributed by atoms with Crippen LogP contribution in [0.3, 0.4) is 0 Å². The number of carbonyl (C=O) groups is 1. The molecule has 19 heavy (non-hydrogen) atoms. The van der Waals surface area contributed by atoms with E-state index >= 15 is 0 Å². The molecule has 0 aliphatic heterocycles. The summed E-state index contributed by atoms with van der Waals surface area (Å²) in [6.45, 7) is 2.98. The maximum atomic E-state index is 11.2. The summed E-state index contributed by atoms with van der Waals surface area (Å²) in [6.07, 6.45) is 6.53. The number of unbranched alkanes of at least 4 members (excludes halogenated alkanes) is 4. The van der Waals surface area contributed by atoms with Crippen molar-refractivity contribution in [2.24, 2.45) is 0 Å². The standard InChI is InChI=1S/C16H25NO2/c1-2-3-4-5-9-12-17-15(16(18)19)13-14-10-7-6-8-11-14/h6-8,10-11,15,17H,2-5,9,12-13H2,1H3,(H,18,19)/t15-/m0/s1. The number of benzene rings is 1. The third-order valence-electron chi connectivity index (χ3n) is 3.25. The number of carboxylic acid groups (broad SMARTS) is 1. The average Bonchev–Trinajstić information content (AvgIpc) is 2.42. The molecule has 0 fully saturated rings. The highest BCUT2D eigenvalue weighted by atomic mass is 16.4. The predicted octanol–water partition coefficient (Wildman–Crippen LogP) is 3.24.